The molecule has 0 aromatic heterocycles. The predicted octanol–water partition coefficient (Wildman–Crippen LogP) is 2.46. The van der Waals surface area contributed by atoms with Crippen LogP contribution in [0.4, 0.5) is 0 Å². The molecule has 3 rings (SSSR count). The first-order valence-corrected chi connectivity index (χ1v) is 8.11. The summed E-state index contributed by atoms with van der Waals surface area (Å²) in [7, 11) is 5.99. The Bertz CT molecular complexity index is 874. The number of methoxy groups -OCH3 is 4. The van der Waals surface area contributed by atoms with E-state index in [0.29, 0.717) is 33.4 Å². The average molecular weight is 359 g/mol. The molecule has 0 spiro atoms. The molecule has 1 atom stereocenters. The standard InChI is InChI=1S/C19H21NO6/c1-10(19(25-4)26-5)20-17(21)12-9-14(24-3)16-11(15(12)18(20)22)7-6-8-13(16)23-2/h6-10,19H,1-5H3. The molecule has 1 heterocycles. The lowest BCUT2D eigenvalue weighted by molar-refractivity contribution is -0.131. The van der Waals surface area contributed by atoms with Crippen LogP contribution in [0.5, 0.6) is 11.5 Å². The normalized spacial score (nSPS) is 14.9. The number of benzene rings is 2. The summed E-state index contributed by atoms with van der Waals surface area (Å²) in [5.41, 5.74) is 0.632. The number of hydrogen-bond donors (Lipinski definition) is 0. The monoisotopic (exact) mass is 359 g/mol. The van der Waals surface area contributed by atoms with Crippen LogP contribution in [0.2, 0.25) is 0 Å². The number of fused-ring (bicyclic) bond motifs is 3. The number of carbonyl (C=O) groups excluding carboxylic acids is 2. The van der Waals surface area contributed by atoms with Gasteiger partial charge in [-0.15, -0.1) is 0 Å². The first-order valence-electron chi connectivity index (χ1n) is 8.11. The van der Waals surface area contributed by atoms with E-state index in [9.17, 15) is 9.59 Å². The highest BCUT2D eigenvalue weighted by Gasteiger charge is 2.43. The van der Waals surface area contributed by atoms with Crippen molar-refractivity contribution in [1.82, 2.24) is 4.90 Å². The third-order valence-corrected chi connectivity index (χ3v) is 4.67. The molecule has 7 nitrogen and oxygen atoms in total. The van der Waals surface area contributed by atoms with Crippen molar-refractivity contribution in [3.8, 4) is 11.5 Å². The van der Waals surface area contributed by atoms with Gasteiger partial charge in [0.15, 0.2) is 6.29 Å². The fourth-order valence-corrected chi connectivity index (χ4v) is 3.47. The number of rotatable bonds is 6. The third kappa shape index (κ3) is 2.51. The molecule has 0 radical (unpaired) electrons. The summed E-state index contributed by atoms with van der Waals surface area (Å²) in [5.74, 6) is 0.250. The highest BCUT2D eigenvalue weighted by molar-refractivity contribution is 6.27. The van der Waals surface area contributed by atoms with Crippen LogP contribution in [-0.2, 0) is 9.47 Å². The van der Waals surface area contributed by atoms with Gasteiger partial charge in [0.1, 0.15) is 11.5 Å². The Kier molecular flexibility index (Phi) is 4.84. The van der Waals surface area contributed by atoms with Crippen LogP contribution < -0.4 is 9.47 Å². The van der Waals surface area contributed by atoms with Gasteiger partial charge < -0.3 is 18.9 Å². The van der Waals surface area contributed by atoms with Crippen molar-refractivity contribution in [3.05, 3.63) is 35.4 Å². The molecule has 2 amide bonds. The van der Waals surface area contributed by atoms with Crippen molar-refractivity contribution in [1.29, 1.82) is 0 Å². The predicted molar refractivity (Wildman–Crippen MR) is 94.8 cm³/mol. The van der Waals surface area contributed by atoms with Gasteiger partial charge in [0.2, 0.25) is 0 Å². The van der Waals surface area contributed by atoms with Crippen molar-refractivity contribution in [2.24, 2.45) is 0 Å². The SMILES string of the molecule is COc1cccc2c3c(cc(OC)c12)C(=O)N(C(C)C(OC)OC)C3=O. The third-order valence-electron chi connectivity index (χ3n) is 4.67. The second-order valence-electron chi connectivity index (χ2n) is 5.94. The van der Waals surface area contributed by atoms with E-state index in [1.165, 1.54) is 26.2 Å². The second kappa shape index (κ2) is 6.93. The molecule has 0 fully saturated rings. The van der Waals surface area contributed by atoms with Gasteiger partial charge in [0, 0.05) is 19.6 Å². The van der Waals surface area contributed by atoms with E-state index in [1.54, 1.807) is 38.3 Å². The summed E-state index contributed by atoms with van der Waals surface area (Å²) >= 11 is 0. The van der Waals surface area contributed by atoms with Gasteiger partial charge in [-0.2, -0.15) is 0 Å². The summed E-state index contributed by atoms with van der Waals surface area (Å²) in [6.07, 6.45) is -0.722. The van der Waals surface area contributed by atoms with Gasteiger partial charge in [-0.25, -0.2) is 0 Å². The molecule has 0 aliphatic carbocycles. The zero-order chi connectivity index (χ0) is 19.0. The molecular formula is C19H21NO6. The molecule has 0 bridgehead atoms. The summed E-state index contributed by atoms with van der Waals surface area (Å²) in [5, 5.41) is 1.26. The van der Waals surface area contributed by atoms with Crippen LogP contribution in [0.15, 0.2) is 24.3 Å². The molecule has 1 unspecified atom stereocenters. The number of hydrogen-bond acceptors (Lipinski definition) is 6. The van der Waals surface area contributed by atoms with Gasteiger partial charge >= 0.3 is 0 Å². The van der Waals surface area contributed by atoms with Crippen LogP contribution >= 0.6 is 0 Å². The highest BCUT2D eigenvalue weighted by Crippen LogP contribution is 2.41. The zero-order valence-corrected chi connectivity index (χ0v) is 15.4. The first-order chi connectivity index (χ1) is 12.5. The Morgan fingerprint density at radius 3 is 2.15 bits per heavy atom. The molecule has 2 aromatic carbocycles. The maximum absolute atomic E-state index is 13.1. The van der Waals surface area contributed by atoms with Crippen LogP contribution in [0.3, 0.4) is 0 Å². The largest absolute Gasteiger partial charge is 0.496 e. The molecule has 1 aliphatic heterocycles. The lowest BCUT2D eigenvalue weighted by Gasteiger charge is -2.28. The minimum atomic E-state index is -0.722. The Balaban J connectivity index is 2.23. The molecule has 7 heteroatoms. The number of carbonyl (C=O) groups is 2. The van der Waals surface area contributed by atoms with E-state index in [-0.39, 0.29) is 0 Å². The molecule has 2 aromatic rings. The average Bonchev–Trinajstić information content (AvgIpc) is 2.91. The summed E-state index contributed by atoms with van der Waals surface area (Å²) in [6, 6.07) is 6.33. The van der Waals surface area contributed by atoms with Crippen LogP contribution in [0, 0.1) is 0 Å². The van der Waals surface area contributed by atoms with Gasteiger partial charge in [-0.1, -0.05) is 12.1 Å². The summed E-state index contributed by atoms with van der Waals surface area (Å²) < 4.78 is 21.3. The van der Waals surface area contributed by atoms with Crippen molar-refractivity contribution in [3.63, 3.8) is 0 Å². The van der Waals surface area contributed by atoms with E-state index in [0.717, 1.165) is 0 Å². The van der Waals surface area contributed by atoms with Crippen molar-refractivity contribution >= 4 is 22.6 Å². The molecule has 0 N–H and O–H groups in total. The Labute approximate surface area is 151 Å². The second-order valence-corrected chi connectivity index (χ2v) is 5.94. The van der Waals surface area contributed by atoms with Crippen LogP contribution in [-0.4, -0.2) is 57.5 Å². The first kappa shape index (κ1) is 18.2. The van der Waals surface area contributed by atoms with Crippen LogP contribution in [0.1, 0.15) is 27.6 Å². The minimum absolute atomic E-state index is 0.297. The Morgan fingerprint density at radius 2 is 1.58 bits per heavy atom. The van der Waals surface area contributed by atoms with Crippen molar-refractivity contribution < 1.29 is 28.5 Å². The molecule has 0 saturated heterocycles. The van der Waals surface area contributed by atoms with Gasteiger partial charge in [-0.3, -0.25) is 14.5 Å². The van der Waals surface area contributed by atoms with E-state index >= 15 is 0 Å². The Hall–Kier alpha value is -2.64. The summed E-state index contributed by atoms with van der Waals surface area (Å²) in [4.78, 5) is 27.2. The van der Waals surface area contributed by atoms with E-state index in [1.807, 2.05) is 0 Å². The lowest BCUT2D eigenvalue weighted by atomic mass is 9.98. The topological polar surface area (TPSA) is 74.3 Å². The number of amides is 2. The Morgan fingerprint density at radius 1 is 0.923 bits per heavy atom. The van der Waals surface area contributed by atoms with Gasteiger partial charge in [-0.05, 0) is 19.1 Å². The minimum Gasteiger partial charge on any atom is -0.496 e. The molecule has 0 saturated carbocycles. The maximum atomic E-state index is 13.1. The van der Waals surface area contributed by atoms with Crippen molar-refractivity contribution in [2.75, 3.05) is 28.4 Å². The summed E-state index contributed by atoms with van der Waals surface area (Å²) in [6.45, 7) is 1.71. The molecule has 26 heavy (non-hydrogen) atoms. The number of nitrogens with zero attached hydrogens (tertiary/aromatic N) is 1. The zero-order valence-electron chi connectivity index (χ0n) is 15.4. The number of ether oxygens (including phenoxy) is 4. The molecule has 138 valence electrons. The molecular weight excluding hydrogens is 338 g/mol. The maximum Gasteiger partial charge on any atom is 0.262 e. The quantitative estimate of drug-likeness (QED) is 0.583. The van der Waals surface area contributed by atoms with Gasteiger partial charge in [0.05, 0.1) is 36.8 Å². The smallest absolute Gasteiger partial charge is 0.262 e. The van der Waals surface area contributed by atoms with Crippen LogP contribution in [0.25, 0.3) is 10.8 Å². The van der Waals surface area contributed by atoms with Gasteiger partial charge in [0.25, 0.3) is 11.8 Å². The fourth-order valence-electron chi connectivity index (χ4n) is 3.47. The lowest BCUT2D eigenvalue weighted by Crippen LogP contribution is -2.46. The van der Waals surface area contributed by atoms with E-state index in [4.69, 9.17) is 18.9 Å². The van der Waals surface area contributed by atoms with Crippen molar-refractivity contribution in [2.45, 2.75) is 19.3 Å². The van der Waals surface area contributed by atoms with E-state index in [2.05, 4.69) is 0 Å². The number of imide groups is 1. The molecule has 1 aliphatic rings. The highest BCUT2D eigenvalue weighted by atomic mass is 16.7. The fraction of sp³-hybridized carbons (Fsp3) is 0.368. The van der Waals surface area contributed by atoms with E-state index < -0.39 is 24.1 Å².